The Kier molecular flexibility index (Phi) is 2.62. The van der Waals surface area contributed by atoms with Gasteiger partial charge in [-0.05, 0) is 12.5 Å². The second-order valence-electron chi connectivity index (χ2n) is 5.08. The minimum absolute atomic E-state index is 0.237. The van der Waals surface area contributed by atoms with Crippen LogP contribution in [0, 0.1) is 6.92 Å². The van der Waals surface area contributed by atoms with Gasteiger partial charge in [0.15, 0.2) is 6.04 Å². The predicted molar refractivity (Wildman–Crippen MR) is 64.3 cm³/mol. The molecular formula is C13H16N2O3. The first-order valence-electron chi connectivity index (χ1n) is 5.99. The minimum Gasteiger partial charge on any atom is -0.462 e. The molecule has 2 fully saturated rings. The van der Waals surface area contributed by atoms with Gasteiger partial charge in [-0.15, -0.1) is 0 Å². The van der Waals surface area contributed by atoms with Gasteiger partial charge in [-0.2, -0.15) is 5.06 Å². The number of nitrogens with zero attached hydrogens (tertiary/aromatic N) is 1. The third kappa shape index (κ3) is 1.80. The molecule has 96 valence electrons. The number of nitrogens with two attached hydrogens (primary N) is 1. The summed E-state index contributed by atoms with van der Waals surface area (Å²) in [6, 6.07) is 7.63. The van der Waals surface area contributed by atoms with Crippen LogP contribution in [0.15, 0.2) is 24.3 Å². The lowest BCUT2D eigenvalue weighted by atomic mass is 9.96. The Morgan fingerprint density at radius 1 is 1.39 bits per heavy atom. The van der Waals surface area contributed by atoms with Crippen molar-refractivity contribution in [2.45, 2.75) is 25.0 Å². The van der Waals surface area contributed by atoms with Gasteiger partial charge in [0.1, 0.15) is 12.1 Å². The number of aryl methyl sites for hydroxylation is 1. The van der Waals surface area contributed by atoms with E-state index in [0.29, 0.717) is 13.2 Å². The fraction of sp³-hybridized carbons (Fsp3) is 0.462. The molecule has 0 spiro atoms. The van der Waals surface area contributed by atoms with Crippen LogP contribution in [0.5, 0.6) is 0 Å². The van der Waals surface area contributed by atoms with Crippen LogP contribution in [0.1, 0.15) is 11.1 Å². The molecule has 3 rings (SSSR count). The van der Waals surface area contributed by atoms with E-state index in [1.807, 2.05) is 31.2 Å². The second kappa shape index (κ2) is 4.05. The molecule has 0 radical (unpaired) electrons. The molecule has 2 aliphatic heterocycles. The molecule has 0 aromatic heterocycles. The molecule has 2 saturated heterocycles. The van der Waals surface area contributed by atoms with Crippen LogP contribution in [0.25, 0.3) is 0 Å². The standard InChI is InChI=1S/C13H16N2O3/c1-9-2-4-10(5-3-9)6-15-11-12(16)17-7-13(11,14)8-18-15/h2-5,11H,6-8,14H2,1H3/t11-,13+/m1/s1. The van der Waals surface area contributed by atoms with Crippen LogP contribution < -0.4 is 5.73 Å². The van der Waals surface area contributed by atoms with Crippen molar-refractivity contribution < 1.29 is 14.4 Å². The number of carbonyl (C=O) groups is 1. The Morgan fingerprint density at radius 2 is 2.11 bits per heavy atom. The highest BCUT2D eigenvalue weighted by Crippen LogP contribution is 2.31. The first-order valence-corrected chi connectivity index (χ1v) is 5.99. The third-order valence-electron chi connectivity index (χ3n) is 3.50. The zero-order valence-electron chi connectivity index (χ0n) is 10.3. The van der Waals surface area contributed by atoms with E-state index < -0.39 is 11.6 Å². The van der Waals surface area contributed by atoms with Crippen LogP contribution in [0.3, 0.4) is 0 Å². The highest BCUT2D eigenvalue weighted by molar-refractivity contribution is 5.80. The van der Waals surface area contributed by atoms with Crippen LogP contribution in [0.2, 0.25) is 0 Å². The first kappa shape index (κ1) is 11.6. The topological polar surface area (TPSA) is 64.8 Å². The molecule has 0 bridgehead atoms. The van der Waals surface area contributed by atoms with E-state index in [-0.39, 0.29) is 12.6 Å². The van der Waals surface area contributed by atoms with Crippen molar-refractivity contribution in [3.05, 3.63) is 35.4 Å². The Balaban J connectivity index is 1.78. The molecule has 2 N–H and O–H groups in total. The monoisotopic (exact) mass is 248 g/mol. The summed E-state index contributed by atoms with van der Waals surface area (Å²) >= 11 is 0. The Hall–Kier alpha value is -1.43. The molecule has 2 atom stereocenters. The summed E-state index contributed by atoms with van der Waals surface area (Å²) in [6.07, 6.45) is 0. The molecule has 0 amide bonds. The van der Waals surface area contributed by atoms with Gasteiger partial charge in [0.25, 0.3) is 0 Å². The van der Waals surface area contributed by atoms with Gasteiger partial charge in [-0.3, -0.25) is 9.63 Å². The fourth-order valence-electron chi connectivity index (χ4n) is 2.41. The number of rotatable bonds is 2. The molecule has 2 aliphatic rings. The average molecular weight is 248 g/mol. The summed E-state index contributed by atoms with van der Waals surface area (Å²) in [5.41, 5.74) is 7.71. The number of benzene rings is 1. The van der Waals surface area contributed by atoms with Crippen molar-refractivity contribution in [1.29, 1.82) is 0 Å². The lowest BCUT2D eigenvalue weighted by molar-refractivity contribution is -0.170. The maximum absolute atomic E-state index is 11.7. The molecule has 0 aliphatic carbocycles. The highest BCUT2D eigenvalue weighted by atomic mass is 16.7. The summed E-state index contributed by atoms with van der Waals surface area (Å²) in [6.45, 7) is 3.14. The van der Waals surface area contributed by atoms with Gasteiger partial charge in [-0.25, -0.2) is 0 Å². The van der Waals surface area contributed by atoms with Gasteiger partial charge < -0.3 is 10.5 Å². The van der Waals surface area contributed by atoms with Gasteiger partial charge in [0.2, 0.25) is 0 Å². The molecule has 0 unspecified atom stereocenters. The minimum atomic E-state index is -0.693. The Morgan fingerprint density at radius 3 is 2.83 bits per heavy atom. The summed E-state index contributed by atoms with van der Waals surface area (Å²) in [5, 5.41) is 1.64. The smallest absolute Gasteiger partial charge is 0.328 e. The summed E-state index contributed by atoms with van der Waals surface area (Å²) in [5.74, 6) is -0.290. The molecule has 1 aromatic rings. The molecular weight excluding hydrogens is 232 g/mol. The van der Waals surface area contributed by atoms with Crippen LogP contribution >= 0.6 is 0 Å². The van der Waals surface area contributed by atoms with E-state index in [1.54, 1.807) is 5.06 Å². The number of carbonyl (C=O) groups excluding carboxylic acids is 1. The summed E-state index contributed by atoms with van der Waals surface area (Å²) in [4.78, 5) is 17.2. The number of hydrogen-bond donors (Lipinski definition) is 1. The van der Waals surface area contributed by atoms with Crippen molar-refractivity contribution >= 4 is 5.97 Å². The largest absolute Gasteiger partial charge is 0.462 e. The zero-order chi connectivity index (χ0) is 12.8. The van der Waals surface area contributed by atoms with Crippen molar-refractivity contribution in [2.24, 2.45) is 5.73 Å². The molecule has 0 saturated carbocycles. The van der Waals surface area contributed by atoms with Crippen molar-refractivity contribution in [3.63, 3.8) is 0 Å². The maximum Gasteiger partial charge on any atom is 0.328 e. The van der Waals surface area contributed by atoms with E-state index in [0.717, 1.165) is 5.56 Å². The van der Waals surface area contributed by atoms with Crippen LogP contribution in [-0.2, 0) is 20.9 Å². The quantitative estimate of drug-likeness (QED) is 0.766. The van der Waals surface area contributed by atoms with Crippen molar-refractivity contribution in [3.8, 4) is 0 Å². The number of cyclic esters (lactones) is 1. The SMILES string of the molecule is Cc1ccc(CN2OC[C@@]3(N)COC(=O)[C@@H]23)cc1. The van der Waals surface area contributed by atoms with Crippen molar-refractivity contribution in [1.82, 2.24) is 5.06 Å². The van der Waals surface area contributed by atoms with Crippen LogP contribution in [0.4, 0.5) is 0 Å². The normalized spacial score (nSPS) is 31.4. The predicted octanol–water partition coefficient (Wildman–Crippen LogP) is 0.365. The number of esters is 1. The van der Waals surface area contributed by atoms with E-state index >= 15 is 0 Å². The molecule has 18 heavy (non-hydrogen) atoms. The fourth-order valence-corrected chi connectivity index (χ4v) is 2.41. The van der Waals surface area contributed by atoms with E-state index in [2.05, 4.69) is 0 Å². The first-order chi connectivity index (χ1) is 8.58. The third-order valence-corrected chi connectivity index (χ3v) is 3.50. The Bertz CT molecular complexity index is 474. The van der Waals surface area contributed by atoms with Gasteiger partial charge >= 0.3 is 5.97 Å². The lowest BCUT2D eigenvalue weighted by Crippen LogP contribution is -2.53. The van der Waals surface area contributed by atoms with Gasteiger partial charge in [0, 0.05) is 0 Å². The van der Waals surface area contributed by atoms with E-state index in [9.17, 15) is 4.79 Å². The molecule has 2 heterocycles. The Labute approximate surface area is 105 Å². The van der Waals surface area contributed by atoms with Gasteiger partial charge in [0.05, 0.1) is 13.2 Å². The van der Waals surface area contributed by atoms with Gasteiger partial charge in [-0.1, -0.05) is 29.8 Å². The molecule has 5 nitrogen and oxygen atoms in total. The highest BCUT2D eigenvalue weighted by Gasteiger charge is 2.56. The zero-order valence-corrected chi connectivity index (χ0v) is 10.3. The summed E-state index contributed by atoms with van der Waals surface area (Å²) in [7, 11) is 0. The van der Waals surface area contributed by atoms with Crippen molar-refractivity contribution in [2.75, 3.05) is 13.2 Å². The van der Waals surface area contributed by atoms with E-state index in [4.69, 9.17) is 15.3 Å². The lowest BCUT2D eigenvalue weighted by Gasteiger charge is -2.21. The van der Waals surface area contributed by atoms with Crippen LogP contribution in [-0.4, -0.2) is 35.8 Å². The molecule has 1 aromatic carbocycles. The maximum atomic E-state index is 11.7. The van der Waals surface area contributed by atoms with E-state index in [1.165, 1.54) is 5.56 Å². The number of fused-ring (bicyclic) bond motifs is 1. The second-order valence-corrected chi connectivity index (χ2v) is 5.08. The average Bonchev–Trinajstić information content (AvgIpc) is 2.82. The summed E-state index contributed by atoms with van der Waals surface area (Å²) < 4.78 is 5.02. The molecule has 5 heteroatoms. The number of hydrogen-bond acceptors (Lipinski definition) is 5. The number of ether oxygens (including phenoxy) is 1. The number of hydroxylamine groups is 2.